The molecule has 0 bridgehead atoms. The van der Waals surface area contributed by atoms with Gasteiger partial charge >= 0.3 is 0 Å². The van der Waals surface area contributed by atoms with Crippen molar-refractivity contribution in [3.63, 3.8) is 0 Å². The highest BCUT2D eigenvalue weighted by Crippen LogP contribution is 2.56. The quantitative estimate of drug-likeness (QED) is 0.739. The van der Waals surface area contributed by atoms with E-state index in [0.29, 0.717) is 30.3 Å². The Kier molecular flexibility index (Phi) is 4.67. The number of carbonyl (C=O) groups is 1. The highest BCUT2D eigenvalue weighted by Gasteiger charge is 2.65. The van der Waals surface area contributed by atoms with Crippen LogP contribution in [0.15, 0.2) is 29.6 Å². The van der Waals surface area contributed by atoms with Gasteiger partial charge in [-0.1, -0.05) is 32.0 Å². The van der Waals surface area contributed by atoms with Crippen molar-refractivity contribution in [3.05, 3.63) is 45.9 Å². The number of ether oxygens (including phenoxy) is 1. The molecule has 5 rings (SSSR count). The normalized spacial score (nSPS) is 29.0. The molecule has 3 saturated heterocycles. The lowest BCUT2D eigenvalue weighted by Crippen LogP contribution is -2.49. The predicted molar refractivity (Wildman–Crippen MR) is 114 cm³/mol. The summed E-state index contributed by atoms with van der Waals surface area (Å²) in [5, 5.41) is 3.40. The standard InChI is InChI=1S/C23H29N3O2S/c1-15(2)18-14-29-21(24-18)19-11-17-13-25(12-16-7-4-5-8-20(16)28-3)22(27)23(17)9-6-10-26(19)23/h4-5,7-8,14-15,17,19H,6,9-13H2,1-3H3/t17-,19-,23-/m0/s1. The number of thiazole rings is 1. The number of rotatable bonds is 5. The Labute approximate surface area is 176 Å². The zero-order valence-electron chi connectivity index (χ0n) is 17.4. The number of likely N-dealkylation sites (tertiary alicyclic amines) is 1. The molecule has 0 aliphatic carbocycles. The van der Waals surface area contributed by atoms with E-state index in [1.165, 1.54) is 10.7 Å². The van der Waals surface area contributed by atoms with Crippen LogP contribution < -0.4 is 4.74 Å². The summed E-state index contributed by atoms with van der Waals surface area (Å²) in [5.74, 6) is 2.02. The molecule has 3 aliphatic heterocycles. The molecule has 29 heavy (non-hydrogen) atoms. The van der Waals surface area contributed by atoms with Crippen LogP contribution in [-0.4, -0.2) is 46.4 Å². The molecule has 3 atom stereocenters. The lowest BCUT2D eigenvalue weighted by atomic mass is 9.86. The van der Waals surface area contributed by atoms with Gasteiger partial charge in [0.2, 0.25) is 5.91 Å². The van der Waals surface area contributed by atoms with Gasteiger partial charge in [-0.15, -0.1) is 11.3 Å². The number of benzene rings is 1. The van der Waals surface area contributed by atoms with Crippen LogP contribution in [0.5, 0.6) is 5.75 Å². The molecule has 0 saturated carbocycles. The number of hydrogen-bond donors (Lipinski definition) is 0. The molecule has 1 amide bonds. The van der Waals surface area contributed by atoms with Gasteiger partial charge in [0.25, 0.3) is 0 Å². The third-order valence-corrected chi connectivity index (χ3v) is 8.06. The van der Waals surface area contributed by atoms with Crippen molar-refractivity contribution < 1.29 is 9.53 Å². The van der Waals surface area contributed by atoms with Crippen LogP contribution in [0.2, 0.25) is 0 Å². The maximum Gasteiger partial charge on any atom is 0.243 e. The van der Waals surface area contributed by atoms with Gasteiger partial charge < -0.3 is 9.64 Å². The van der Waals surface area contributed by atoms with E-state index in [4.69, 9.17) is 9.72 Å². The predicted octanol–water partition coefficient (Wildman–Crippen LogP) is 4.21. The molecule has 0 radical (unpaired) electrons. The SMILES string of the molecule is COc1ccccc1CN1C[C@@H]2C[C@@H](c3nc(C(C)C)cs3)N3CCC[C@@]23C1=O. The maximum absolute atomic E-state index is 13.7. The second-order valence-corrected chi connectivity index (χ2v) is 9.82. The van der Waals surface area contributed by atoms with E-state index >= 15 is 0 Å². The molecule has 1 aromatic heterocycles. The van der Waals surface area contributed by atoms with Crippen molar-refractivity contribution in [2.45, 2.75) is 57.2 Å². The molecule has 0 N–H and O–H groups in total. The number of para-hydroxylation sites is 1. The van der Waals surface area contributed by atoms with Crippen LogP contribution >= 0.6 is 11.3 Å². The third-order valence-electron chi connectivity index (χ3n) is 7.10. The molecule has 3 aliphatic rings. The van der Waals surface area contributed by atoms with Gasteiger partial charge in [-0.05, 0) is 37.8 Å². The van der Waals surface area contributed by atoms with Crippen molar-refractivity contribution in [1.82, 2.24) is 14.8 Å². The Morgan fingerprint density at radius 3 is 2.93 bits per heavy atom. The Bertz CT molecular complexity index is 926. The lowest BCUT2D eigenvalue weighted by Gasteiger charge is -2.33. The van der Waals surface area contributed by atoms with Crippen molar-refractivity contribution in [2.75, 3.05) is 20.2 Å². The Morgan fingerprint density at radius 1 is 1.34 bits per heavy atom. The Morgan fingerprint density at radius 2 is 2.17 bits per heavy atom. The topological polar surface area (TPSA) is 45.7 Å². The van der Waals surface area contributed by atoms with Crippen LogP contribution in [-0.2, 0) is 11.3 Å². The summed E-state index contributed by atoms with van der Waals surface area (Å²) in [6.07, 6.45) is 3.13. The van der Waals surface area contributed by atoms with Gasteiger partial charge in [-0.3, -0.25) is 9.69 Å². The molecule has 0 unspecified atom stereocenters. The van der Waals surface area contributed by atoms with Gasteiger partial charge in [0, 0.05) is 30.0 Å². The van der Waals surface area contributed by atoms with Crippen molar-refractivity contribution in [1.29, 1.82) is 0 Å². The van der Waals surface area contributed by atoms with Gasteiger partial charge in [0.15, 0.2) is 0 Å². The summed E-state index contributed by atoms with van der Waals surface area (Å²) in [4.78, 5) is 23.2. The Hall–Kier alpha value is -1.92. The number of amides is 1. The highest BCUT2D eigenvalue weighted by molar-refractivity contribution is 7.09. The molecule has 6 heteroatoms. The van der Waals surface area contributed by atoms with Gasteiger partial charge in [-0.2, -0.15) is 0 Å². The number of nitrogens with zero attached hydrogens (tertiary/aromatic N) is 3. The monoisotopic (exact) mass is 411 g/mol. The summed E-state index contributed by atoms with van der Waals surface area (Å²) in [6.45, 7) is 6.87. The average Bonchev–Trinajstić information content (AvgIpc) is 3.46. The van der Waals surface area contributed by atoms with E-state index in [9.17, 15) is 4.79 Å². The molecule has 4 heterocycles. The fraction of sp³-hybridized carbons (Fsp3) is 0.565. The highest BCUT2D eigenvalue weighted by atomic mass is 32.1. The average molecular weight is 412 g/mol. The number of aromatic nitrogens is 1. The van der Waals surface area contributed by atoms with Gasteiger partial charge in [-0.25, -0.2) is 4.98 Å². The molecular weight excluding hydrogens is 382 g/mol. The summed E-state index contributed by atoms with van der Waals surface area (Å²) < 4.78 is 5.51. The van der Waals surface area contributed by atoms with Crippen LogP contribution in [0.3, 0.4) is 0 Å². The van der Waals surface area contributed by atoms with Crippen LogP contribution in [0, 0.1) is 5.92 Å². The minimum Gasteiger partial charge on any atom is -0.496 e. The van der Waals surface area contributed by atoms with E-state index in [1.54, 1.807) is 18.4 Å². The fourth-order valence-corrected chi connectivity index (χ4v) is 6.81. The fourth-order valence-electron chi connectivity index (χ4n) is 5.71. The van der Waals surface area contributed by atoms with Crippen molar-refractivity contribution in [2.24, 2.45) is 5.92 Å². The summed E-state index contributed by atoms with van der Waals surface area (Å²) in [7, 11) is 1.70. The lowest BCUT2D eigenvalue weighted by molar-refractivity contribution is -0.137. The molecule has 154 valence electrons. The minimum absolute atomic E-state index is 0.303. The van der Waals surface area contributed by atoms with Crippen molar-refractivity contribution in [3.8, 4) is 5.75 Å². The van der Waals surface area contributed by atoms with E-state index < -0.39 is 0 Å². The molecule has 1 aromatic carbocycles. The van der Waals surface area contributed by atoms with Gasteiger partial charge in [0.1, 0.15) is 16.3 Å². The third kappa shape index (κ3) is 2.83. The zero-order valence-corrected chi connectivity index (χ0v) is 18.2. The van der Waals surface area contributed by atoms with Gasteiger partial charge in [0.05, 0.1) is 18.8 Å². The van der Waals surface area contributed by atoms with Crippen LogP contribution in [0.1, 0.15) is 61.3 Å². The van der Waals surface area contributed by atoms with Crippen molar-refractivity contribution >= 4 is 17.2 Å². The largest absolute Gasteiger partial charge is 0.496 e. The first kappa shape index (κ1) is 19.1. The second-order valence-electron chi connectivity index (χ2n) is 8.93. The molecule has 2 aromatic rings. The smallest absolute Gasteiger partial charge is 0.243 e. The summed E-state index contributed by atoms with van der Waals surface area (Å²) >= 11 is 1.77. The Balaban J connectivity index is 1.41. The van der Waals surface area contributed by atoms with E-state index in [-0.39, 0.29) is 5.54 Å². The van der Waals surface area contributed by atoms with Crippen LogP contribution in [0.25, 0.3) is 0 Å². The van der Waals surface area contributed by atoms with E-state index in [2.05, 4.69) is 35.1 Å². The number of methoxy groups -OCH3 is 1. The number of carbonyl (C=O) groups excluding carboxylic acids is 1. The van der Waals surface area contributed by atoms with Crippen LogP contribution in [0.4, 0.5) is 0 Å². The molecule has 5 nitrogen and oxygen atoms in total. The first-order chi connectivity index (χ1) is 14.0. The molecular formula is C23H29N3O2S. The molecule has 3 fully saturated rings. The summed E-state index contributed by atoms with van der Waals surface area (Å²) in [6, 6.07) is 8.34. The zero-order chi connectivity index (χ0) is 20.2. The van der Waals surface area contributed by atoms with E-state index in [1.807, 2.05) is 18.2 Å². The summed E-state index contributed by atoms with van der Waals surface area (Å²) in [5.41, 5.74) is 1.96. The maximum atomic E-state index is 13.7. The minimum atomic E-state index is -0.309. The number of hydrogen-bond acceptors (Lipinski definition) is 5. The second kappa shape index (κ2) is 7.10. The first-order valence-electron chi connectivity index (χ1n) is 10.7. The van der Waals surface area contributed by atoms with E-state index in [0.717, 1.165) is 43.7 Å². The molecule has 1 spiro atoms. The first-order valence-corrected chi connectivity index (χ1v) is 11.6.